The summed E-state index contributed by atoms with van der Waals surface area (Å²) in [7, 11) is -1.66. The highest BCUT2D eigenvalue weighted by molar-refractivity contribution is 7.85. The van der Waals surface area contributed by atoms with Crippen molar-refractivity contribution in [2.24, 2.45) is 0 Å². The summed E-state index contributed by atoms with van der Waals surface area (Å²) in [5.74, 6) is -1.68. The molecular weight excluding hydrogens is 222 g/mol. The van der Waals surface area contributed by atoms with Gasteiger partial charge in [-0.1, -0.05) is 0 Å². The van der Waals surface area contributed by atoms with E-state index in [2.05, 4.69) is 0 Å². The van der Waals surface area contributed by atoms with E-state index >= 15 is 0 Å². The molecule has 1 N–H and O–H groups in total. The molecule has 1 aromatic rings. The predicted octanol–water partition coefficient (Wildman–Crippen LogP) is 0.787. The van der Waals surface area contributed by atoms with Crippen LogP contribution in [0.15, 0.2) is 29.2 Å². The third-order valence-corrected chi connectivity index (χ3v) is 2.87. The van der Waals surface area contributed by atoms with Crippen molar-refractivity contribution >= 4 is 22.5 Å². The summed E-state index contributed by atoms with van der Waals surface area (Å²) in [5.41, 5.74) is -0.119. The molecule has 0 aliphatic rings. The second-order valence-corrected chi connectivity index (χ2v) is 4.09. The standard InChI is InChI=1S/C8H7NO5S/c10-8(11)5-15(14)7-3-1-6(2-4-7)9(12)13/h1-4H,5H2,(H,10,11). The van der Waals surface area contributed by atoms with Gasteiger partial charge in [0.05, 0.1) is 15.7 Å². The number of hydrogen-bond acceptors (Lipinski definition) is 4. The Bertz CT molecular complexity index is 414. The molecule has 0 radical (unpaired) electrons. The highest BCUT2D eigenvalue weighted by Crippen LogP contribution is 2.14. The first-order valence-corrected chi connectivity index (χ1v) is 5.17. The number of benzene rings is 1. The fraction of sp³-hybridized carbons (Fsp3) is 0.125. The molecule has 0 saturated carbocycles. The summed E-state index contributed by atoms with van der Waals surface area (Å²) in [6.07, 6.45) is 0. The van der Waals surface area contributed by atoms with E-state index in [-0.39, 0.29) is 10.6 Å². The number of carboxylic acid groups (broad SMARTS) is 1. The molecule has 0 heterocycles. The molecule has 0 aliphatic heterocycles. The van der Waals surface area contributed by atoms with Crippen LogP contribution in [0.4, 0.5) is 5.69 Å². The number of carbonyl (C=O) groups is 1. The van der Waals surface area contributed by atoms with E-state index < -0.39 is 27.4 Å². The van der Waals surface area contributed by atoms with E-state index in [1.807, 2.05) is 0 Å². The van der Waals surface area contributed by atoms with Crippen molar-refractivity contribution in [1.82, 2.24) is 0 Å². The van der Waals surface area contributed by atoms with Gasteiger partial charge in [0, 0.05) is 17.0 Å². The fourth-order valence-electron chi connectivity index (χ4n) is 0.915. The maximum absolute atomic E-state index is 11.3. The Morgan fingerprint density at radius 3 is 2.33 bits per heavy atom. The molecule has 0 fully saturated rings. The van der Waals surface area contributed by atoms with Crippen LogP contribution >= 0.6 is 0 Å². The average molecular weight is 229 g/mol. The van der Waals surface area contributed by atoms with Crippen molar-refractivity contribution in [3.8, 4) is 0 Å². The maximum Gasteiger partial charge on any atom is 0.316 e. The second-order valence-electron chi connectivity index (χ2n) is 2.63. The van der Waals surface area contributed by atoms with Crippen molar-refractivity contribution in [1.29, 1.82) is 0 Å². The summed E-state index contributed by atoms with van der Waals surface area (Å²) < 4.78 is 11.3. The van der Waals surface area contributed by atoms with E-state index in [1.54, 1.807) is 0 Å². The molecule has 7 heteroatoms. The first-order valence-electron chi connectivity index (χ1n) is 3.85. The van der Waals surface area contributed by atoms with Gasteiger partial charge < -0.3 is 5.11 Å². The molecule has 80 valence electrons. The average Bonchev–Trinajstić information content (AvgIpc) is 2.17. The molecule has 0 spiro atoms. The lowest BCUT2D eigenvalue weighted by molar-refractivity contribution is -0.384. The smallest absolute Gasteiger partial charge is 0.316 e. The predicted molar refractivity (Wildman–Crippen MR) is 52.0 cm³/mol. The van der Waals surface area contributed by atoms with Gasteiger partial charge in [-0.3, -0.25) is 19.1 Å². The van der Waals surface area contributed by atoms with E-state index in [9.17, 15) is 19.1 Å². The molecule has 1 rings (SSSR count). The lowest BCUT2D eigenvalue weighted by Crippen LogP contribution is -2.09. The van der Waals surface area contributed by atoms with Crippen molar-refractivity contribution in [3.63, 3.8) is 0 Å². The Balaban J connectivity index is 2.84. The molecule has 1 atom stereocenters. The molecule has 1 unspecified atom stereocenters. The first kappa shape index (κ1) is 11.3. The van der Waals surface area contributed by atoms with Crippen LogP contribution in [0, 0.1) is 10.1 Å². The number of rotatable bonds is 4. The highest BCUT2D eigenvalue weighted by Gasteiger charge is 2.10. The molecule has 0 aliphatic carbocycles. The van der Waals surface area contributed by atoms with E-state index in [0.29, 0.717) is 0 Å². The number of nitro groups is 1. The zero-order chi connectivity index (χ0) is 11.4. The van der Waals surface area contributed by atoms with Gasteiger partial charge in [0.15, 0.2) is 0 Å². The minimum Gasteiger partial charge on any atom is -0.481 e. The van der Waals surface area contributed by atoms with E-state index in [1.165, 1.54) is 24.3 Å². The van der Waals surface area contributed by atoms with Crippen molar-refractivity contribution < 1.29 is 19.0 Å². The largest absolute Gasteiger partial charge is 0.481 e. The molecule has 15 heavy (non-hydrogen) atoms. The molecule has 6 nitrogen and oxygen atoms in total. The third-order valence-electron chi connectivity index (χ3n) is 1.57. The van der Waals surface area contributed by atoms with Gasteiger partial charge in [0.1, 0.15) is 5.75 Å². The minimum atomic E-state index is -1.66. The zero-order valence-electron chi connectivity index (χ0n) is 7.45. The topological polar surface area (TPSA) is 97.5 Å². The Morgan fingerprint density at radius 1 is 1.40 bits per heavy atom. The molecule has 0 aromatic heterocycles. The van der Waals surface area contributed by atoms with Crippen LogP contribution in [0.1, 0.15) is 0 Å². The van der Waals surface area contributed by atoms with Gasteiger partial charge in [-0.15, -0.1) is 0 Å². The first-order chi connectivity index (χ1) is 7.00. The van der Waals surface area contributed by atoms with Crippen LogP contribution in [0.3, 0.4) is 0 Å². The van der Waals surface area contributed by atoms with Crippen LogP contribution in [-0.4, -0.2) is 26.0 Å². The van der Waals surface area contributed by atoms with Gasteiger partial charge in [-0.05, 0) is 12.1 Å². The van der Waals surface area contributed by atoms with Crippen molar-refractivity contribution in [2.75, 3.05) is 5.75 Å². The number of carboxylic acids is 1. The zero-order valence-corrected chi connectivity index (χ0v) is 8.27. The molecule has 0 amide bonds. The number of nitro benzene ring substituents is 1. The van der Waals surface area contributed by atoms with Crippen molar-refractivity contribution in [2.45, 2.75) is 4.90 Å². The number of aliphatic carboxylic acids is 1. The quantitative estimate of drug-likeness (QED) is 0.608. The highest BCUT2D eigenvalue weighted by atomic mass is 32.2. The summed E-state index contributed by atoms with van der Waals surface area (Å²) in [5, 5.41) is 18.7. The monoisotopic (exact) mass is 229 g/mol. The summed E-state index contributed by atoms with van der Waals surface area (Å²) >= 11 is 0. The lowest BCUT2D eigenvalue weighted by atomic mass is 10.3. The Hall–Kier alpha value is -1.76. The van der Waals surface area contributed by atoms with Gasteiger partial charge in [-0.25, -0.2) is 0 Å². The van der Waals surface area contributed by atoms with E-state index in [0.717, 1.165) is 0 Å². The van der Waals surface area contributed by atoms with Crippen LogP contribution in [0.2, 0.25) is 0 Å². The number of hydrogen-bond donors (Lipinski definition) is 1. The number of nitrogens with zero attached hydrogens (tertiary/aromatic N) is 1. The van der Waals surface area contributed by atoms with Crippen LogP contribution in [-0.2, 0) is 15.6 Å². The molecule has 1 aromatic carbocycles. The fourth-order valence-corrected chi connectivity index (χ4v) is 1.75. The molecule has 0 bridgehead atoms. The molecular formula is C8H7NO5S. The second kappa shape index (κ2) is 4.65. The van der Waals surface area contributed by atoms with Gasteiger partial charge in [-0.2, -0.15) is 0 Å². The number of non-ortho nitro benzene ring substituents is 1. The van der Waals surface area contributed by atoms with Crippen molar-refractivity contribution in [3.05, 3.63) is 34.4 Å². The van der Waals surface area contributed by atoms with Crippen LogP contribution in [0.5, 0.6) is 0 Å². The Kier molecular flexibility index (Phi) is 3.51. The minimum absolute atomic E-state index is 0.119. The summed E-state index contributed by atoms with van der Waals surface area (Å²) in [4.78, 5) is 20.2. The Labute approximate surface area is 87.1 Å². The van der Waals surface area contributed by atoms with Gasteiger partial charge >= 0.3 is 5.97 Å². The van der Waals surface area contributed by atoms with Crippen LogP contribution in [0.25, 0.3) is 0 Å². The van der Waals surface area contributed by atoms with Gasteiger partial charge in [0.2, 0.25) is 0 Å². The van der Waals surface area contributed by atoms with Gasteiger partial charge in [0.25, 0.3) is 5.69 Å². The van der Waals surface area contributed by atoms with Crippen LogP contribution < -0.4 is 0 Å². The molecule has 0 saturated heterocycles. The summed E-state index contributed by atoms with van der Waals surface area (Å²) in [6, 6.07) is 4.96. The normalized spacial score (nSPS) is 12.0. The third kappa shape index (κ3) is 3.13. The van der Waals surface area contributed by atoms with E-state index in [4.69, 9.17) is 5.11 Å². The SMILES string of the molecule is O=C(O)CS(=O)c1ccc([N+](=O)[O-])cc1. The Morgan fingerprint density at radius 2 is 1.93 bits per heavy atom. The lowest BCUT2D eigenvalue weighted by Gasteiger charge is -1.98. The summed E-state index contributed by atoms with van der Waals surface area (Å²) in [6.45, 7) is 0. The maximum atomic E-state index is 11.3.